The molecule has 0 atom stereocenters. The predicted molar refractivity (Wildman–Crippen MR) is 118 cm³/mol. The summed E-state index contributed by atoms with van der Waals surface area (Å²) in [5.41, 5.74) is 5.07. The highest BCUT2D eigenvalue weighted by Gasteiger charge is 2.08. The number of aryl methyl sites for hydroxylation is 2. The van der Waals surface area contributed by atoms with Crippen molar-refractivity contribution >= 4 is 44.7 Å². The first-order valence-corrected chi connectivity index (χ1v) is 10.3. The van der Waals surface area contributed by atoms with Gasteiger partial charge in [0.1, 0.15) is 5.01 Å². The zero-order chi connectivity index (χ0) is 19.5. The highest BCUT2D eigenvalue weighted by Crippen LogP contribution is 2.31. The number of hydrogen-bond donors (Lipinski definition) is 1. The third-order valence-corrected chi connectivity index (χ3v) is 5.97. The summed E-state index contributed by atoms with van der Waals surface area (Å²) < 4.78 is 1.19. The molecule has 0 bridgehead atoms. The van der Waals surface area contributed by atoms with E-state index in [1.54, 1.807) is 11.3 Å². The van der Waals surface area contributed by atoms with Gasteiger partial charge in [0.25, 0.3) is 0 Å². The second-order valence-electron chi connectivity index (χ2n) is 6.71. The smallest absolute Gasteiger partial charge is 0.224 e. The molecule has 0 aliphatic heterocycles. The SMILES string of the molecule is Cc1ccc2nc(-c3ccc(NC(=O)CCc4ccccc4Cl)cc3)sc2c1. The molecule has 3 aromatic carbocycles. The van der Waals surface area contributed by atoms with Gasteiger partial charge >= 0.3 is 0 Å². The van der Waals surface area contributed by atoms with Crippen LogP contribution in [0.3, 0.4) is 0 Å². The van der Waals surface area contributed by atoms with E-state index in [0.717, 1.165) is 27.3 Å². The number of halogens is 1. The fourth-order valence-corrected chi connectivity index (χ4v) is 4.32. The van der Waals surface area contributed by atoms with E-state index in [4.69, 9.17) is 16.6 Å². The van der Waals surface area contributed by atoms with E-state index in [1.165, 1.54) is 10.3 Å². The largest absolute Gasteiger partial charge is 0.326 e. The van der Waals surface area contributed by atoms with E-state index in [-0.39, 0.29) is 5.91 Å². The molecule has 1 amide bonds. The predicted octanol–water partition coefficient (Wildman–Crippen LogP) is 6.50. The number of nitrogens with one attached hydrogen (secondary N) is 1. The van der Waals surface area contributed by atoms with Crippen molar-refractivity contribution in [3.8, 4) is 10.6 Å². The molecule has 1 heterocycles. The maximum absolute atomic E-state index is 12.2. The minimum absolute atomic E-state index is 0.0249. The van der Waals surface area contributed by atoms with Crippen molar-refractivity contribution in [1.29, 1.82) is 0 Å². The Balaban J connectivity index is 1.41. The van der Waals surface area contributed by atoms with Gasteiger partial charge in [0.15, 0.2) is 0 Å². The van der Waals surface area contributed by atoms with Crippen LogP contribution in [-0.4, -0.2) is 10.9 Å². The lowest BCUT2D eigenvalue weighted by Crippen LogP contribution is -2.12. The molecule has 1 aromatic heterocycles. The molecule has 140 valence electrons. The normalized spacial score (nSPS) is 10.9. The van der Waals surface area contributed by atoms with Crippen LogP contribution in [0.4, 0.5) is 5.69 Å². The van der Waals surface area contributed by atoms with E-state index in [9.17, 15) is 4.79 Å². The Morgan fingerprint density at radius 3 is 2.64 bits per heavy atom. The summed E-state index contributed by atoms with van der Waals surface area (Å²) in [5.74, 6) is -0.0249. The Morgan fingerprint density at radius 1 is 1.07 bits per heavy atom. The maximum atomic E-state index is 12.2. The van der Waals surface area contributed by atoms with E-state index in [2.05, 4.69) is 30.4 Å². The van der Waals surface area contributed by atoms with Crippen molar-refractivity contribution in [3.63, 3.8) is 0 Å². The summed E-state index contributed by atoms with van der Waals surface area (Å²) in [6.45, 7) is 2.09. The summed E-state index contributed by atoms with van der Waals surface area (Å²) in [6.07, 6.45) is 1.01. The minimum Gasteiger partial charge on any atom is -0.326 e. The monoisotopic (exact) mass is 406 g/mol. The number of hydrogen-bond acceptors (Lipinski definition) is 3. The number of anilines is 1. The molecule has 0 spiro atoms. The zero-order valence-electron chi connectivity index (χ0n) is 15.4. The second kappa shape index (κ2) is 8.13. The highest BCUT2D eigenvalue weighted by atomic mass is 35.5. The lowest BCUT2D eigenvalue weighted by molar-refractivity contribution is -0.116. The van der Waals surface area contributed by atoms with Crippen molar-refractivity contribution in [2.75, 3.05) is 5.32 Å². The molecule has 4 rings (SSSR count). The lowest BCUT2D eigenvalue weighted by Gasteiger charge is -2.07. The zero-order valence-corrected chi connectivity index (χ0v) is 17.0. The summed E-state index contributed by atoms with van der Waals surface area (Å²) >= 11 is 7.83. The van der Waals surface area contributed by atoms with Gasteiger partial charge in [-0.3, -0.25) is 4.79 Å². The Bertz CT molecular complexity index is 1140. The van der Waals surface area contributed by atoms with Crippen molar-refractivity contribution in [3.05, 3.63) is 82.9 Å². The van der Waals surface area contributed by atoms with Gasteiger partial charge in [-0.25, -0.2) is 4.98 Å². The molecule has 4 aromatic rings. The highest BCUT2D eigenvalue weighted by molar-refractivity contribution is 7.21. The Labute approximate surface area is 173 Å². The first kappa shape index (κ1) is 18.7. The van der Waals surface area contributed by atoms with Crippen LogP contribution in [0.15, 0.2) is 66.7 Å². The Hall–Kier alpha value is -2.69. The van der Waals surface area contributed by atoms with Crippen molar-refractivity contribution < 1.29 is 4.79 Å². The Morgan fingerprint density at radius 2 is 1.86 bits per heavy atom. The number of fused-ring (bicyclic) bond motifs is 1. The van der Waals surface area contributed by atoms with Crippen molar-refractivity contribution in [2.24, 2.45) is 0 Å². The molecule has 0 saturated carbocycles. The lowest BCUT2D eigenvalue weighted by atomic mass is 10.1. The number of benzene rings is 3. The standard InChI is InChI=1S/C23H19ClN2OS/c1-15-6-12-20-21(14-15)28-23(26-20)17-7-10-18(11-8-17)25-22(27)13-9-16-4-2-3-5-19(16)24/h2-8,10-12,14H,9,13H2,1H3,(H,25,27). The average Bonchev–Trinajstić information content (AvgIpc) is 3.11. The maximum Gasteiger partial charge on any atom is 0.224 e. The molecular weight excluding hydrogens is 388 g/mol. The first-order valence-electron chi connectivity index (χ1n) is 9.09. The van der Waals surface area contributed by atoms with Crippen LogP contribution in [0, 0.1) is 6.92 Å². The summed E-state index contributed by atoms with van der Waals surface area (Å²) in [5, 5.41) is 4.63. The van der Waals surface area contributed by atoms with Crippen LogP contribution >= 0.6 is 22.9 Å². The fourth-order valence-electron chi connectivity index (χ4n) is 3.02. The number of carbonyl (C=O) groups is 1. The summed E-state index contributed by atoms with van der Waals surface area (Å²) in [4.78, 5) is 16.9. The van der Waals surface area contributed by atoms with Gasteiger partial charge in [-0.05, 0) is 66.9 Å². The van der Waals surface area contributed by atoms with Gasteiger partial charge in [0, 0.05) is 22.7 Å². The first-order chi connectivity index (χ1) is 13.6. The molecule has 3 nitrogen and oxygen atoms in total. The third-order valence-electron chi connectivity index (χ3n) is 4.54. The topological polar surface area (TPSA) is 42.0 Å². The van der Waals surface area contributed by atoms with Gasteiger partial charge in [-0.1, -0.05) is 35.9 Å². The van der Waals surface area contributed by atoms with Crippen LogP contribution in [0.5, 0.6) is 0 Å². The van der Waals surface area contributed by atoms with Gasteiger partial charge in [-0.15, -0.1) is 11.3 Å². The second-order valence-corrected chi connectivity index (χ2v) is 8.14. The number of carbonyl (C=O) groups excluding carboxylic acids is 1. The van der Waals surface area contributed by atoms with Crippen LogP contribution in [0.1, 0.15) is 17.5 Å². The van der Waals surface area contributed by atoms with Crippen LogP contribution < -0.4 is 5.32 Å². The van der Waals surface area contributed by atoms with Crippen molar-refractivity contribution in [1.82, 2.24) is 4.98 Å². The third kappa shape index (κ3) is 4.24. The molecule has 0 radical (unpaired) electrons. The van der Waals surface area contributed by atoms with E-state index in [0.29, 0.717) is 17.9 Å². The molecule has 0 saturated heterocycles. The van der Waals surface area contributed by atoms with Crippen LogP contribution in [0.2, 0.25) is 5.02 Å². The quantitative estimate of drug-likeness (QED) is 0.411. The number of nitrogens with zero attached hydrogens (tertiary/aromatic N) is 1. The van der Waals surface area contributed by atoms with Gasteiger partial charge in [-0.2, -0.15) is 0 Å². The molecule has 0 aliphatic rings. The Kier molecular flexibility index (Phi) is 5.42. The van der Waals surface area contributed by atoms with Gasteiger partial charge < -0.3 is 5.32 Å². The molecule has 5 heteroatoms. The van der Waals surface area contributed by atoms with Crippen LogP contribution in [0.25, 0.3) is 20.8 Å². The van der Waals surface area contributed by atoms with Gasteiger partial charge in [0.05, 0.1) is 10.2 Å². The molecule has 0 aliphatic carbocycles. The molecule has 1 N–H and O–H groups in total. The number of thiazole rings is 1. The van der Waals surface area contributed by atoms with E-state index in [1.807, 2.05) is 48.5 Å². The molecule has 0 fully saturated rings. The molecule has 28 heavy (non-hydrogen) atoms. The van der Waals surface area contributed by atoms with Crippen molar-refractivity contribution in [2.45, 2.75) is 19.8 Å². The number of amides is 1. The van der Waals surface area contributed by atoms with Crippen LogP contribution in [-0.2, 0) is 11.2 Å². The fraction of sp³-hybridized carbons (Fsp3) is 0.130. The van der Waals surface area contributed by atoms with Gasteiger partial charge in [0.2, 0.25) is 5.91 Å². The molecule has 0 unspecified atom stereocenters. The summed E-state index contributed by atoms with van der Waals surface area (Å²) in [7, 11) is 0. The number of rotatable bonds is 5. The van der Waals surface area contributed by atoms with E-state index < -0.39 is 0 Å². The summed E-state index contributed by atoms with van der Waals surface area (Å²) in [6, 6.07) is 21.7. The minimum atomic E-state index is -0.0249. The molecular formula is C23H19ClN2OS. The average molecular weight is 407 g/mol. The van der Waals surface area contributed by atoms with E-state index >= 15 is 0 Å². The number of aromatic nitrogens is 1.